The molecule has 2 amide bonds. The predicted octanol–water partition coefficient (Wildman–Crippen LogP) is 3.50. The topological polar surface area (TPSA) is 147 Å². The van der Waals surface area contributed by atoms with Gasteiger partial charge in [0.05, 0.1) is 12.0 Å². The lowest BCUT2D eigenvalue weighted by atomic mass is 9.84. The highest BCUT2D eigenvalue weighted by Crippen LogP contribution is 2.30. The number of rotatable bonds is 8. The van der Waals surface area contributed by atoms with E-state index in [1.54, 1.807) is 62.5 Å². The number of fused-ring (bicyclic) bond motifs is 1. The minimum absolute atomic E-state index is 0.113. The van der Waals surface area contributed by atoms with Crippen LogP contribution in [0.1, 0.15) is 25.0 Å². The van der Waals surface area contributed by atoms with Crippen LogP contribution in [0.4, 0.5) is 17.2 Å². The van der Waals surface area contributed by atoms with Gasteiger partial charge in [-0.05, 0) is 55.3 Å². The first kappa shape index (κ1) is 27.9. The number of nitrogen functional groups attached to an aromatic ring is 1. The summed E-state index contributed by atoms with van der Waals surface area (Å²) in [5, 5.41) is 15.0. The second-order valence-corrected chi connectivity index (χ2v) is 10.5. The van der Waals surface area contributed by atoms with Gasteiger partial charge >= 0.3 is 5.97 Å². The summed E-state index contributed by atoms with van der Waals surface area (Å²) < 4.78 is 11.1. The summed E-state index contributed by atoms with van der Waals surface area (Å²) in [4.78, 5) is 43.7. The molecule has 1 fully saturated rings. The van der Waals surface area contributed by atoms with Crippen molar-refractivity contribution in [1.82, 2.24) is 4.98 Å². The molecule has 41 heavy (non-hydrogen) atoms. The number of aromatic nitrogens is 1. The van der Waals surface area contributed by atoms with Gasteiger partial charge < -0.3 is 35.5 Å². The smallest absolute Gasteiger partial charge is 0.316 e. The van der Waals surface area contributed by atoms with E-state index < -0.39 is 35.4 Å². The van der Waals surface area contributed by atoms with Crippen LogP contribution >= 0.6 is 0 Å². The summed E-state index contributed by atoms with van der Waals surface area (Å²) in [6.45, 7) is 4.01. The van der Waals surface area contributed by atoms with Gasteiger partial charge in [-0.25, -0.2) is 0 Å². The number of benzene rings is 3. The molecule has 0 aliphatic carbocycles. The maximum atomic E-state index is 13.4. The van der Waals surface area contributed by atoms with Gasteiger partial charge in [-0.1, -0.05) is 42.5 Å². The SMILES string of the molecule is CC(C)(C(=O)OCc1ccccc1)c1cccc(N2CCO[C@H]([C@@H](O)C(=O)Nc3ccc4c(N)[nH]cc4c3)C2=O)c1. The predicted molar refractivity (Wildman–Crippen MR) is 155 cm³/mol. The second-order valence-electron chi connectivity index (χ2n) is 10.5. The van der Waals surface area contributed by atoms with Gasteiger partial charge in [0.2, 0.25) is 0 Å². The molecule has 0 radical (unpaired) electrons. The Balaban J connectivity index is 1.27. The van der Waals surface area contributed by atoms with Crippen LogP contribution in [0.15, 0.2) is 79.0 Å². The number of carbonyl (C=O) groups is 3. The zero-order valence-electron chi connectivity index (χ0n) is 22.8. The molecule has 1 saturated heterocycles. The number of aliphatic hydroxyl groups is 1. The van der Waals surface area contributed by atoms with Crippen LogP contribution in [0.25, 0.3) is 10.8 Å². The monoisotopic (exact) mass is 556 g/mol. The molecule has 2 heterocycles. The summed E-state index contributed by atoms with van der Waals surface area (Å²) in [7, 11) is 0. The van der Waals surface area contributed by atoms with Crippen LogP contribution in [-0.2, 0) is 35.9 Å². The summed E-state index contributed by atoms with van der Waals surface area (Å²) in [6, 6.07) is 21.6. The van der Waals surface area contributed by atoms with E-state index >= 15 is 0 Å². The van der Waals surface area contributed by atoms with E-state index in [4.69, 9.17) is 15.2 Å². The first-order valence-corrected chi connectivity index (χ1v) is 13.3. The highest BCUT2D eigenvalue weighted by molar-refractivity contribution is 6.05. The molecule has 10 heteroatoms. The Hall–Kier alpha value is -4.67. The third-order valence-corrected chi connectivity index (χ3v) is 7.27. The minimum Gasteiger partial charge on any atom is -0.460 e. The van der Waals surface area contributed by atoms with E-state index in [9.17, 15) is 19.5 Å². The Kier molecular flexibility index (Phi) is 7.78. The number of aliphatic hydroxyl groups excluding tert-OH is 1. The standard InChI is InChI=1S/C31H32N4O6/c1-31(2,30(39)41-18-19-7-4-3-5-8-19)21-9-6-10-23(16-21)35-13-14-40-26(29(35)38)25(36)28(37)34-22-11-12-24-20(15-22)17-33-27(24)32/h3-12,15-17,25-26,33,36H,13-14,18,32H2,1-2H3,(H,34,37)/t25-,26-/m1/s1. The van der Waals surface area contributed by atoms with Crippen LogP contribution in [0.2, 0.25) is 0 Å². The van der Waals surface area contributed by atoms with Gasteiger partial charge in [0.1, 0.15) is 12.4 Å². The van der Waals surface area contributed by atoms with E-state index in [1.165, 1.54) is 4.90 Å². The highest BCUT2D eigenvalue weighted by atomic mass is 16.5. The Labute approximate surface area is 237 Å². The Morgan fingerprint density at radius 2 is 1.93 bits per heavy atom. The first-order valence-electron chi connectivity index (χ1n) is 13.3. The first-order chi connectivity index (χ1) is 19.6. The average molecular weight is 557 g/mol. The highest BCUT2D eigenvalue weighted by Gasteiger charge is 2.40. The fraction of sp³-hybridized carbons (Fsp3) is 0.258. The molecule has 212 valence electrons. The number of anilines is 3. The molecule has 4 aromatic rings. The van der Waals surface area contributed by atoms with Crippen molar-refractivity contribution in [2.24, 2.45) is 0 Å². The summed E-state index contributed by atoms with van der Waals surface area (Å²) in [6.07, 6.45) is -1.44. The fourth-order valence-corrected chi connectivity index (χ4v) is 4.76. The third kappa shape index (κ3) is 5.79. The number of esters is 1. The van der Waals surface area contributed by atoms with E-state index in [1.807, 2.05) is 30.3 Å². The minimum atomic E-state index is -1.75. The van der Waals surface area contributed by atoms with Crippen LogP contribution in [-0.4, -0.2) is 53.2 Å². The van der Waals surface area contributed by atoms with Crippen molar-refractivity contribution < 1.29 is 29.0 Å². The van der Waals surface area contributed by atoms with Gasteiger partial charge in [-0.2, -0.15) is 0 Å². The molecule has 5 N–H and O–H groups in total. The molecular weight excluding hydrogens is 524 g/mol. The number of ether oxygens (including phenoxy) is 2. The summed E-state index contributed by atoms with van der Waals surface area (Å²) in [5.41, 5.74) is 7.37. The maximum absolute atomic E-state index is 13.4. The molecule has 0 spiro atoms. The van der Waals surface area contributed by atoms with Crippen LogP contribution in [0.3, 0.4) is 0 Å². The normalized spacial score (nSPS) is 16.4. The van der Waals surface area contributed by atoms with Crippen LogP contribution in [0, 0.1) is 0 Å². The molecular formula is C31H32N4O6. The van der Waals surface area contributed by atoms with Crippen molar-refractivity contribution >= 4 is 45.7 Å². The molecule has 3 aromatic carbocycles. The molecule has 1 aliphatic heterocycles. The lowest BCUT2D eigenvalue weighted by Gasteiger charge is -2.34. The quantitative estimate of drug-likeness (QED) is 0.243. The van der Waals surface area contributed by atoms with Crippen LogP contribution in [0.5, 0.6) is 0 Å². The van der Waals surface area contributed by atoms with Gasteiger partial charge in [-0.3, -0.25) is 14.4 Å². The van der Waals surface area contributed by atoms with Crippen molar-refractivity contribution in [3.8, 4) is 0 Å². The number of hydrogen-bond donors (Lipinski definition) is 4. The van der Waals surface area contributed by atoms with Crippen molar-refractivity contribution in [3.05, 3.63) is 90.1 Å². The second kappa shape index (κ2) is 11.4. The number of hydrogen-bond acceptors (Lipinski definition) is 7. The maximum Gasteiger partial charge on any atom is 0.316 e. The zero-order chi connectivity index (χ0) is 29.1. The zero-order valence-corrected chi connectivity index (χ0v) is 22.8. The van der Waals surface area contributed by atoms with E-state index in [2.05, 4.69) is 10.3 Å². The lowest BCUT2D eigenvalue weighted by molar-refractivity contribution is -0.150. The molecule has 10 nitrogen and oxygen atoms in total. The summed E-state index contributed by atoms with van der Waals surface area (Å²) >= 11 is 0. The lowest BCUT2D eigenvalue weighted by Crippen LogP contribution is -2.55. The molecule has 5 rings (SSSR count). The van der Waals surface area contributed by atoms with Gasteiger partial charge in [0.15, 0.2) is 12.2 Å². The fourth-order valence-electron chi connectivity index (χ4n) is 4.76. The molecule has 0 unspecified atom stereocenters. The molecule has 0 bridgehead atoms. The van der Waals surface area contributed by atoms with Crippen LogP contribution < -0.4 is 16.0 Å². The molecule has 1 aromatic heterocycles. The number of nitrogens with one attached hydrogen (secondary N) is 2. The summed E-state index contributed by atoms with van der Waals surface area (Å²) in [5.74, 6) is -1.23. The Morgan fingerprint density at radius 1 is 1.15 bits per heavy atom. The van der Waals surface area contributed by atoms with E-state index in [0.29, 0.717) is 22.8 Å². The molecule has 2 atom stereocenters. The number of nitrogens with two attached hydrogens (primary N) is 1. The van der Waals surface area contributed by atoms with E-state index in [0.717, 1.165) is 16.3 Å². The van der Waals surface area contributed by atoms with Gasteiger partial charge in [0, 0.05) is 34.9 Å². The number of carbonyl (C=O) groups excluding carboxylic acids is 3. The Bertz CT molecular complexity index is 1580. The van der Waals surface area contributed by atoms with Gasteiger partial charge in [-0.15, -0.1) is 0 Å². The van der Waals surface area contributed by atoms with Crippen molar-refractivity contribution in [3.63, 3.8) is 0 Å². The molecule has 0 saturated carbocycles. The number of nitrogens with zero attached hydrogens (tertiary/aromatic N) is 1. The van der Waals surface area contributed by atoms with E-state index in [-0.39, 0.29) is 19.8 Å². The number of aromatic amines is 1. The number of morpholine rings is 1. The largest absolute Gasteiger partial charge is 0.460 e. The third-order valence-electron chi connectivity index (χ3n) is 7.27. The van der Waals surface area contributed by atoms with Crippen molar-refractivity contribution in [2.45, 2.75) is 38.1 Å². The number of amides is 2. The molecule has 1 aliphatic rings. The van der Waals surface area contributed by atoms with Crippen molar-refractivity contribution in [2.75, 3.05) is 29.1 Å². The average Bonchev–Trinajstić information content (AvgIpc) is 3.35. The van der Waals surface area contributed by atoms with Crippen molar-refractivity contribution in [1.29, 1.82) is 0 Å². The number of H-pyrrole nitrogens is 1. The van der Waals surface area contributed by atoms with Gasteiger partial charge in [0.25, 0.3) is 11.8 Å². The Morgan fingerprint density at radius 3 is 2.71 bits per heavy atom.